The van der Waals surface area contributed by atoms with Gasteiger partial charge < -0.3 is 14.8 Å². The van der Waals surface area contributed by atoms with E-state index in [2.05, 4.69) is 5.32 Å². The van der Waals surface area contributed by atoms with Crippen LogP contribution >= 0.6 is 23.4 Å². The van der Waals surface area contributed by atoms with Gasteiger partial charge in [-0.25, -0.2) is 9.97 Å². The van der Waals surface area contributed by atoms with Crippen molar-refractivity contribution < 1.29 is 14.3 Å². The van der Waals surface area contributed by atoms with Crippen LogP contribution in [-0.2, 0) is 4.79 Å². The molecular formula is C24H20ClN3O3S. The van der Waals surface area contributed by atoms with Crippen molar-refractivity contribution in [1.82, 2.24) is 9.97 Å². The van der Waals surface area contributed by atoms with Crippen molar-refractivity contribution in [3.8, 4) is 22.9 Å². The van der Waals surface area contributed by atoms with E-state index in [4.69, 9.17) is 31.0 Å². The maximum atomic E-state index is 12.7. The normalized spacial score (nSPS) is 10.7. The van der Waals surface area contributed by atoms with Crippen LogP contribution in [0, 0.1) is 0 Å². The molecule has 1 N–H and O–H groups in total. The lowest BCUT2D eigenvalue weighted by Gasteiger charge is -2.12. The molecule has 162 valence electrons. The summed E-state index contributed by atoms with van der Waals surface area (Å²) < 4.78 is 10.8. The van der Waals surface area contributed by atoms with Crippen LogP contribution in [0.4, 0.5) is 5.69 Å². The molecule has 0 saturated heterocycles. The zero-order valence-electron chi connectivity index (χ0n) is 17.5. The molecule has 6 nitrogen and oxygen atoms in total. The summed E-state index contributed by atoms with van der Waals surface area (Å²) in [6, 6.07) is 20.4. The topological polar surface area (TPSA) is 73.3 Å². The highest BCUT2D eigenvalue weighted by Gasteiger charge is 2.15. The highest BCUT2D eigenvalue weighted by Crippen LogP contribution is 2.33. The number of para-hydroxylation sites is 1. The second-order valence-electron chi connectivity index (χ2n) is 6.76. The molecule has 32 heavy (non-hydrogen) atoms. The van der Waals surface area contributed by atoms with E-state index in [1.54, 1.807) is 32.4 Å². The molecule has 0 bridgehead atoms. The Hall–Kier alpha value is -3.29. The Morgan fingerprint density at radius 1 is 0.969 bits per heavy atom. The fourth-order valence-corrected chi connectivity index (χ4v) is 4.17. The van der Waals surface area contributed by atoms with E-state index in [9.17, 15) is 4.79 Å². The highest BCUT2D eigenvalue weighted by atomic mass is 35.5. The molecule has 0 fully saturated rings. The number of anilines is 1. The standard InChI is InChI=1S/C24H20ClN3O3S/c1-30-19-12-11-16(25)13-18(19)26-21(29)14-32-24-17-9-6-10-20(31-2)22(17)27-23(28-24)15-7-4-3-5-8-15/h3-13H,14H2,1-2H3,(H,26,29). The van der Waals surface area contributed by atoms with Crippen molar-refractivity contribution in [2.75, 3.05) is 25.3 Å². The van der Waals surface area contributed by atoms with E-state index < -0.39 is 0 Å². The third-order valence-electron chi connectivity index (χ3n) is 4.68. The molecule has 0 saturated carbocycles. The van der Waals surface area contributed by atoms with Crippen LogP contribution in [0.15, 0.2) is 71.8 Å². The number of carbonyl (C=O) groups excluding carboxylic acids is 1. The van der Waals surface area contributed by atoms with E-state index in [0.717, 1.165) is 10.9 Å². The summed E-state index contributed by atoms with van der Waals surface area (Å²) >= 11 is 7.39. The predicted octanol–water partition coefficient (Wildman–Crippen LogP) is 5.70. The number of thioether (sulfide) groups is 1. The second-order valence-corrected chi connectivity index (χ2v) is 8.16. The predicted molar refractivity (Wildman–Crippen MR) is 129 cm³/mol. The van der Waals surface area contributed by atoms with E-state index in [1.165, 1.54) is 11.8 Å². The number of fused-ring (bicyclic) bond motifs is 1. The number of nitrogens with one attached hydrogen (secondary N) is 1. The van der Waals surface area contributed by atoms with Crippen LogP contribution in [0.3, 0.4) is 0 Å². The van der Waals surface area contributed by atoms with E-state index >= 15 is 0 Å². The zero-order valence-corrected chi connectivity index (χ0v) is 19.0. The monoisotopic (exact) mass is 465 g/mol. The van der Waals surface area contributed by atoms with Gasteiger partial charge in [0.2, 0.25) is 5.91 Å². The minimum atomic E-state index is -0.202. The molecule has 4 aromatic rings. The molecule has 0 aliphatic heterocycles. The minimum absolute atomic E-state index is 0.146. The van der Waals surface area contributed by atoms with Gasteiger partial charge in [-0.15, -0.1) is 0 Å². The maximum absolute atomic E-state index is 12.7. The zero-order chi connectivity index (χ0) is 22.5. The Bertz CT molecular complexity index is 1270. The Morgan fingerprint density at radius 2 is 1.75 bits per heavy atom. The highest BCUT2D eigenvalue weighted by molar-refractivity contribution is 8.00. The fraction of sp³-hybridized carbons (Fsp3) is 0.125. The molecule has 0 aliphatic carbocycles. The molecule has 8 heteroatoms. The van der Waals surface area contributed by atoms with Crippen molar-refractivity contribution in [3.63, 3.8) is 0 Å². The summed E-state index contributed by atoms with van der Waals surface area (Å²) in [5, 5.41) is 4.88. The van der Waals surface area contributed by atoms with Gasteiger partial charge in [0.15, 0.2) is 5.82 Å². The van der Waals surface area contributed by atoms with Crippen molar-refractivity contribution in [1.29, 1.82) is 0 Å². The number of nitrogens with zero attached hydrogens (tertiary/aromatic N) is 2. The summed E-state index contributed by atoms with van der Waals surface area (Å²) in [6.07, 6.45) is 0. The summed E-state index contributed by atoms with van der Waals surface area (Å²) in [6.45, 7) is 0. The number of hydrogen-bond acceptors (Lipinski definition) is 6. The van der Waals surface area contributed by atoms with Crippen LogP contribution in [-0.4, -0.2) is 35.8 Å². The van der Waals surface area contributed by atoms with Crippen LogP contribution < -0.4 is 14.8 Å². The molecular weight excluding hydrogens is 446 g/mol. The Balaban J connectivity index is 1.64. The number of benzene rings is 3. The van der Waals surface area contributed by atoms with Crippen molar-refractivity contribution in [2.24, 2.45) is 0 Å². The van der Waals surface area contributed by atoms with Crippen molar-refractivity contribution in [3.05, 3.63) is 71.8 Å². The summed E-state index contributed by atoms with van der Waals surface area (Å²) in [5.74, 6) is 1.70. The number of aromatic nitrogens is 2. The fourth-order valence-electron chi connectivity index (χ4n) is 3.19. The van der Waals surface area contributed by atoms with Crippen LogP contribution in [0.5, 0.6) is 11.5 Å². The average Bonchev–Trinajstić information content (AvgIpc) is 2.82. The number of amides is 1. The molecule has 3 aromatic carbocycles. The van der Waals surface area contributed by atoms with Gasteiger partial charge in [0.1, 0.15) is 22.0 Å². The lowest BCUT2D eigenvalue weighted by Crippen LogP contribution is -2.15. The number of halogens is 1. The molecule has 4 rings (SSSR count). The number of ether oxygens (including phenoxy) is 2. The van der Waals surface area contributed by atoms with Gasteiger partial charge in [-0.2, -0.15) is 0 Å². The van der Waals surface area contributed by atoms with Crippen molar-refractivity contribution in [2.45, 2.75) is 5.03 Å². The lowest BCUT2D eigenvalue weighted by atomic mass is 10.2. The van der Waals surface area contributed by atoms with E-state index in [-0.39, 0.29) is 11.7 Å². The van der Waals surface area contributed by atoms with E-state index in [1.807, 2.05) is 48.5 Å². The molecule has 1 heterocycles. The third-order valence-corrected chi connectivity index (χ3v) is 5.91. The smallest absolute Gasteiger partial charge is 0.234 e. The largest absolute Gasteiger partial charge is 0.495 e. The number of carbonyl (C=O) groups is 1. The minimum Gasteiger partial charge on any atom is -0.495 e. The summed E-state index contributed by atoms with van der Waals surface area (Å²) in [7, 11) is 3.15. The summed E-state index contributed by atoms with van der Waals surface area (Å²) in [5.41, 5.74) is 2.10. The van der Waals surface area contributed by atoms with Crippen LogP contribution in [0.1, 0.15) is 0 Å². The van der Waals surface area contributed by atoms with Gasteiger partial charge in [-0.05, 0) is 30.3 Å². The Morgan fingerprint density at radius 3 is 2.50 bits per heavy atom. The van der Waals surface area contributed by atoms with Crippen molar-refractivity contribution >= 4 is 45.9 Å². The SMILES string of the molecule is COc1ccc(Cl)cc1NC(=O)CSc1nc(-c2ccccc2)nc2c(OC)cccc12. The number of hydrogen-bond donors (Lipinski definition) is 1. The summed E-state index contributed by atoms with van der Waals surface area (Å²) in [4.78, 5) is 22.1. The van der Waals surface area contributed by atoms with Gasteiger partial charge >= 0.3 is 0 Å². The lowest BCUT2D eigenvalue weighted by molar-refractivity contribution is -0.113. The van der Waals surface area contributed by atoms with Gasteiger partial charge in [0.25, 0.3) is 0 Å². The second kappa shape index (κ2) is 9.89. The molecule has 0 radical (unpaired) electrons. The first-order valence-electron chi connectivity index (χ1n) is 9.75. The van der Waals surface area contributed by atoms with Gasteiger partial charge in [0.05, 0.1) is 25.7 Å². The molecule has 0 aliphatic rings. The molecule has 0 atom stereocenters. The first-order chi connectivity index (χ1) is 15.6. The van der Waals surface area contributed by atoms with Gasteiger partial charge in [0, 0.05) is 16.0 Å². The number of rotatable bonds is 7. The molecule has 0 spiro atoms. The first kappa shape index (κ1) is 21.9. The Labute approximate surface area is 194 Å². The maximum Gasteiger partial charge on any atom is 0.234 e. The average molecular weight is 466 g/mol. The number of methoxy groups -OCH3 is 2. The molecule has 1 amide bonds. The first-order valence-corrected chi connectivity index (χ1v) is 11.1. The third kappa shape index (κ3) is 4.79. The van der Waals surface area contributed by atoms with Gasteiger partial charge in [-0.3, -0.25) is 4.79 Å². The Kier molecular flexibility index (Phi) is 6.78. The quantitative estimate of drug-likeness (QED) is 0.279. The molecule has 0 unspecified atom stereocenters. The van der Waals surface area contributed by atoms with E-state index in [0.29, 0.717) is 38.6 Å². The van der Waals surface area contributed by atoms with Crippen LogP contribution in [0.2, 0.25) is 5.02 Å². The van der Waals surface area contributed by atoms with Gasteiger partial charge in [-0.1, -0.05) is 59.8 Å². The van der Waals surface area contributed by atoms with Crippen LogP contribution in [0.25, 0.3) is 22.3 Å². The molecule has 1 aromatic heterocycles.